The van der Waals surface area contributed by atoms with Crippen LogP contribution in [0.5, 0.6) is 0 Å². The Labute approximate surface area is 86.0 Å². The van der Waals surface area contributed by atoms with Crippen LogP contribution in [0.2, 0.25) is 0 Å². The van der Waals surface area contributed by atoms with E-state index in [-0.39, 0.29) is 1.43 Å². The zero-order valence-electron chi connectivity index (χ0n) is 8.66. The van der Waals surface area contributed by atoms with E-state index in [4.69, 9.17) is 10.8 Å². The molecule has 0 heterocycles. The molecule has 3 nitrogen and oxygen atoms in total. The summed E-state index contributed by atoms with van der Waals surface area (Å²) in [7, 11) is 0. The predicted octanol–water partition coefficient (Wildman–Crippen LogP) is 2.51. The second-order valence-corrected chi connectivity index (χ2v) is 2.91. The molecule has 1 aromatic rings. The van der Waals surface area contributed by atoms with Gasteiger partial charge in [-0.3, -0.25) is 0 Å². The first-order chi connectivity index (χ1) is 6.65. The van der Waals surface area contributed by atoms with Gasteiger partial charge in [-0.1, -0.05) is 32.4 Å². The molecule has 1 rings (SSSR count). The van der Waals surface area contributed by atoms with Gasteiger partial charge in [0.2, 0.25) is 0 Å². The third-order valence-corrected chi connectivity index (χ3v) is 1.44. The van der Waals surface area contributed by atoms with Gasteiger partial charge >= 0.3 is 5.97 Å². The lowest BCUT2D eigenvalue weighted by Gasteiger charge is -1.96. The summed E-state index contributed by atoms with van der Waals surface area (Å²) in [6.45, 7) is 4.69. The van der Waals surface area contributed by atoms with Gasteiger partial charge in [0.15, 0.2) is 0 Å². The molecule has 3 N–H and O–H groups in total. The molecule has 0 unspecified atom stereocenters. The summed E-state index contributed by atoms with van der Waals surface area (Å²) < 4.78 is 0. The fourth-order valence-corrected chi connectivity index (χ4v) is 0.783. The van der Waals surface area contributed by atoms with E-state index < -0.39 is 5.97 Å². The zero-order chi connectivity index (χ0) is 11.0. The van der Waals surface area contributed by atoms with Crippen LogP contribution in [0.1, 0.15) is 37.6 Å². The SMILES string of the molecule is CCC.NCc1ccc(C(=O)O)cc1.[HH]. The van der Waals surface area contributed by atoms with E-state index in [2.05, 4.69) is 13.8 Å². The molecule has 0 atom stereocenters. The summed E-state index contributed by atoms with van der Waals surface area (Å²) >= 11 is 0. The molecule has 0 amide bonds. The molecular formula is C11H19NO2. The van der Waals surface area contributed by atoms with E-state index in [9.17, 15) is 4.79 Å². The normalized spacial score (nSPS) is 8.79. The van der Waals surface area contributed by atoms with Crippen molar-refractivity contribution >= 4 is 5.97 Å². The Hall–Kier alpha value is -1.35. The Bertz CT molecular complexity index is 272. The molecular weight excluding hydrogens is 178 g/mol. The van der Waals surface area contributed by atoms with E-state index in [1.165, 1.54) is 6.42 Å². The van der Waals surface area contributed by atoms with Crippen molar-refractivity contribution in [2.75, 3.05) is 0 Å². The maximum atomic E-state index is 10.4. The number of benzene rings is 1. The Morgan fingerprint density at radius 1 is 1.36 bits per heavy atom. The first kappa shape index (κ1) is 12.7. The summed E-state index contributed by atoms with van der Waals surface area (Å²) in [5, 5.41) is 8.52. The first-order valence-electron chi connectivity index (χ1n) is 4.68. The van der Waals surface area contributed by atoms with Crippen molar-refractivity contribution in [3.8, 4) is 0 Å². The summed E-state index contributed by atoms with van der Waals surface area (Å²) in [6.07, 6.45) is 1.25. The van der Waals surface area contributed by atoms with Crippen LogP contribution in [0.15, 0.2) is 24.3 Å². The second kappa shape index (κ2) is 7.09. The van der Waals surface area contributed by atoms with Gasteiger partial charge in [-0.2, -0.15) is 0 Å². The Balaban J connectivity index is 0. The van der Waals surface area contributed by atoms with Crippen molar-refractivity contribution in [3.05, 3.63) is 35.4 Å². The average molecular weight is 197 g/mol. The molecule has 80 valence electrons. The molecule has 0 aliphatic heterocycles. The van der Waals surface area contributed by atoms with Crippen LogP contribution in [0.4, 0.5) is 0 Å². The summed E-state index contributed by atoms with van der Waals surface area (Å²) in [5.74, 6) is -0.909. The van der Waals surface area contributed by atoms with E-state index >= 15 is 0 Å². The molecule has 3 heteroatoms. The van der Waals surface area contributed by atoms with Gasteiger partial charge in [-0.25, -0.2) is 4.79 Å². The van der Waals surface area contributed by atoms with Gasteiger partial charge in [0.1, 0.15) is 0 Å². The smallest absolute Gasteiger partial charge is 0.335 e. The number of aromatic carboxylic acids is 1. The monoisotopic (exact) mass is 197 g/mol. The third-order valence-electron chi connectivity index (χ3n) is 1.44. The minimum atomic E-state index is -0.909. The lowest BCUT2D eigenvalue weighted by atomic mass is 10.1. The molecule has 0 radical (unpaired) electrons. The molecule has 14 heavy (non-hydrogen) atoms. The Kier molecular flexibility index (Phi) is 6.41. The van der Waals surface area contributed by atoms with Crippen LogP contribution in [-0.2, 0) is 6.54 Å². The Morgan fingerprint density at radius 2 is 1.79 bits per heavy atom. The first-order valence-corrected chi connectivity index (χ1v) is 4.68. The van der Waals surface area contributed by atoms with Crippen LogP contribution in [0.25, 0.3) is 0 Å². The lowest BCUT2D eigenvalue weighted by Crippen LogP contribution is -1.99. The summed E-state index contributed by atoms with van der Waals surface area (Å²) in [4.78, 5) is 10.4. The maximum Gasteiger partial charge on any atom is 0.335 e. The van der Waals surface area contributed by atoms with Gasteiger partial charge in [0.25, 0.3) is 0 Å². The molecule has 0 fully saturated rings. The minimum Gasteiger partial charge on any atom is -0.478 e. The van der Waals surface area contributed by atoms with Crippen LogP contribution < -0.4 is 5.73 Å². The number of carboxylic acid groups (broad SMARTS) is 1. The third kappa shape index (κ3) is 4.62. The molecule has 0 aromatic heterocycles. The number of carboxylic acids is 1. The largest absolute Gasteiger partial charge is 0.478 e. The van der Waals surface area contributed by atoms with Gasteiger partial charge in [0, 0.05) is 7.97 Å². The molecule has 0 aliphatic carbocycles. The van der Waals surface area contributed by atoms with Crippen molar-refractivity contribution in [3.63, 3.8) is 0 Å². The molecule has 0 aliphatic rings. The van der Waals surface area contributed by atoms with Gasteiger partial charge in [-0.05, 0) is 17.7 Å². The fourth-order valence-electron chi connectivity index (χ4n) is 0.783. The Morgan fingerprint density at radius 3 is 2.07 bits per heavy atom. The maximum absolute atomic E-state index is 10.4. The highest BCUT2D eigenvalue weighted by molar-refractivity contribution is 5.87. The van der Waals surface area contributed by atoms with E-state index in [0.29, 0.717) is 12.1 Å². The van der Waals surface area contributed by atoms with Gasteiger partial charge in [0.05, 0.1) is 5.56 Å². The standard InChI is InChI=1S/C8H9NO2.C3H8.H2/c9-5-6-1-3-7(4-2-6)8(10)11;1-3-2;/h1-4H,5,9H2,(H,10,11);3H2,1-2H3;1H. The molecule has 0 bridgehead atoms. The molecule has 0 spiro atoms. The molecule has 1 aromatic carbocycles. The highest BCUT2D eigenvalue weighted by Gasteiger charge is 1.99. The summed E-state index contributed by atoms with van der Waals surface area (Å²) in [5.41, 5.74) is 6.56. The highest BCUT2D eigenvalue weighted by Crippen LogP contribution is 2.02. The number of hydrogen-bond donors (Lipinski definition) is 2. The average Bonchev–Trinajstić information content (AvgIpc) is 2.19. The molecule has 0 saturated carbocycles. The lowest BCUT2D eigenvalue weighted by molar-refractivity contribution is 0.0697. The number of rotatable bonds is 2. The summed E-state index contributed by atoms with van der Waals surface area (Å²) in [6, 6.07) is 6.52. The van der Waals surface area contributed by atoms with E-state index in [1.807, 2.05) is 0 Å². The van der Waals surface area contributed by atoms with Crippen LogP contribution in [0, 0.1) is 0 Å². The number of hydrogen-bond acceptors (Lipinski definition) is 2. The van der Waals surface area contributed by atoms with Crippen molar-refractivity contribution < 1.29 is 11.3 Å². The van der Waals surface area contributed by atoms with Crippen molar-refractivity contribution in [1.29, 1.82) is 0 Å². The van der Waals surface area contributed by atoms with Crippen molar-refractivity contribution in [1.82, 2.24) is 0 Å². The predicted molar refractivity (Wildman–Crippen MR) is 59.4 cm³/mol. The number of nitrogens with two attached hydrogens (primary N) is 1. The minimum absolute atomic E-state index is 0. The quantitative estimate of drug-likeness (QED) is 0.765. The van der Waals surface area contributed by atoms with Crippen LogP contribution in [-0.4, -0.2) is 11.1 Å². The van der Waals surface area contributed by atoms with E-state index in [1.54, 1.807) is 24.3 Å². The van der Waals surface area contributed by atoms with Gasteiger partial charge in [-0.15, -0.1) is 0 Å². The van der Waals surface area contributed by atoms with Gasteiger partial charge < -0.3 is 10.8 Å². The topological polar surface area (TPSA) is 63.3 Å². The van der Waals surface area contributed by atoms with Crippen molar-refractivity contribution in [2.45, 2.75) is 26.8 Å². The zero-order valence-corrected chi connectivity index (χ0v) is 8.66. The van der Waals surface area contributed by atoms with Crippen LogP contribution in [0.3, 0.4) is 0 Å². The van der Waals surface area contributed by atoms with Crippen LogP contribution >= 0.6 is 0 Å². The van der Waals surface area contributed by atoms with E-state index in [0.717, 1.165) is 5.56 Å². The fraction of sp³-hybridized carbons (Fsp3) is 0.364. The van der Waals surface area contributed by atoms with Crippen molar-refractivity contribution in [2.24, 2.45) is 5.73 Å². The highest BCUT2D eigenvalue weighted by atomic mass is 16.4. The molecule has 0 saturated heterocycles. The second-order valence-electron chi connectivity index (χ2n) is 2.91. The number of carbonyl (C=O) groups is 1.